The summed E-state index contributed by atoms with van der Waals surface area (Å²) in [6.07, 6.45) is 9.10. The van der Waals surface area contributed by atoms with Crippen LogP contribution in [0.2, 0.25) is 0 Å². The van der Waals surface area contributed by atoms with Crippen molar-refractivity contribution in [1.29, 1.82) is 0 Å². The zero-order valence-corrected chi connectivity index (χ0v) is 21.8. The van der Waals surface area contributed by atoms with E-state index in [-0.39, 0.29) is 5.41 Å². The number of benzene rings is 2. The minimum atomic E-state index is -0.0830. The van der Waals surface area contributed by atoms with Crippen LogP contribution < -0.4 is 10.1 Å². The van der Waals surface area contributed by atoms with Crippen LogP contribution in [-0.4, -0.2) is 28.6 Å². The fourth-order valence-electron chi connectivity index (χ4n) is 7.86. The van der Waals surface area contributed by atoms with E-state index in [1.165, 1.54) is 30.4 Å². The summed E-state index contributed by atoms with van der Waals surface area (Å²) in [6.45, 7) is 6.38. The molecule has 4 fully saturated rings. The zero-order valence-electron chi connectivity index (χ0n) is 21.8. The molecule has 0 spiro atoms. The van der Waals surface area contributed by atoms with Gasteiger partial charge in [0.2, 0.25) is 5.91 Å². The third-order valence-electron chi connectivity index (χ3n) is 8.88. The molecule has 5 nitrogen and oxygen atoms in total. The van der Waals surface area contributed by atoms with Gasteiger partial charge in [-0.1, -0.05) is 18.2 Å². The molecule has 36 heavy (non-hydrogen) atoms. The van der Waals surface area contributed by atoms with E-state index in [0.717, 1.165) is 79.0 Å². The molecule has 3 aromatic rings. The number of hydrogen-bond donors (Lipinski definition) is 1. The van der Waals surface area contributed by atoms with Crippen LogP contribution >= 0.6 is 0 Å². The van der Waals surface area contributed by atoms with E-state index in [9.17, 15) is 4.79 Å². The second kappa shape index (κ2) is 9.57. The molecule has 5 heteroatoms. The van der Waals surface area contributed by atoms with Gasteiger partial charge in [0.25, 0.3) is 0 Å². The summed E-state index contributed by atoms with van der Waals surface area (Å²) in [4.78, 5) is 18.3. The van der Waals surface area contributed by atoms with Crippen molar-refractivity contribution >= 4 is 16.9 Å². The van der Waals surface area contributed by atoms with Crippen LogP contribution in [0.1, 0.15) is 61.9 Å². The van der Waals surface area contributed by atoms with Crippen LogP contribution in [0.15, 0.2) is 42.5 Å². The monoisotopic (exact) mass is 485 g/mol. The molecule has 1 N–H and O–H groups in total. The van der Waals surface area contributed by atoms with E-state index in [0.29, 0.717) is 19.1 Å². The number of hydrogen-bond acceptors (Lipinski definition) is 3. The van der Waals surface area contributed by atoms with Gasteiger partial charge in [-0.2, -0.15) is 0 Å². The largest absolute Gasteiger partial charge is 0.494 e. The molecule has 2 aromatic carbocycles. The molecular weight excluding hydrogens is 446 g/mol. The average molecular weight is 486 g/mol. The van der Waals surface area contributed by atoms with E-state index in [1.807, 2.05) is 6.07 Å². The van der Waals surface area contributed by atoms with Gasteiger partial charge in [-0.15, -0.1) is 0 Å². The summed E-state index contributed by atoms with van der Waals surface area (Å²) in [7, 11) is 0. The Hall–Kier alpha value is -2.82. The Kier molecular flexibility index (Phi) is 6.27. The number of carbonyl (C=O) groups is 1. The summed E-state index contributed by atoms with van der Waals surface area (Å²) in [5.41, 5.74) is 4.55. The standard InChI is InChI=1S/C31H39N3O2/c1-21-12-22(2)14-26(13-21)36-11-5-10-34-28-7-4-3-6-27(28)33-29(34)8-9-32-30(35)31-18-23-15-24(19-31)17-25(16-23)20-31/h3-4,6-7,12-14,23-25H,5,8-11,15-20H2,1-2H3,(H,32,35). The van der Waals surface area contributed by atoms with Gasteiger partial charge in [-0.05, 0) is 112 Å². The minimum absolute atomic E-state index is 0.0830. The highest BCUT2D eigenvalue weighted by Gasteiger charge is 2.54. The molecule has 1 aromatic heterocycles. The van der Waals surface area contributed by atoms with Crippen LogP contribution in [0.25, 0.3) is 11.0 Å². The van der Waals surface area contributed by atoms with Gasteiger partial charge < -0.3 is 14.6 Å². The normalized spacial score (nSPS) is 26.4. The van der Waals surface area contributed by atoms with Gasteiger partial charge in [-0.25, -0.2) is 4.98 Å². The van der Waals surface area contributed by atoms with E-state index in [4.69, 9.17) is 9.72 Å². The number of nitrogens with one attached hydrogen (secondary N) is 1. The minimum Gasteiger partial charge on any atom is -0.494 e. The quantitative estimate of drug-likeness (QED) is 0.378. The zero-order chi connectivity index (χ0) is 24.7. The second-order valence-corrected chi connectivity index (χ2v) is 11.9. The summed E-state index contributed by atoms with van der Waals surface area (Å²) in [5, 5.41) is 3.34. The van der Waals surface area contributed by atoms with E-state index in [2.05, 4.69) is 60.1 Å². The van der Waals surface area contributed by atoms with Crippen LogP contribution in [0, 0.1) is 37.0 Å². The van der Waals surface area contributed by atoms with Crippen molar-refractivity contribution in [1.82, 2.24) is 14.9 Å². The molecule has 4 aliphatic carbocycles. The van der Waals surface area contributed by atoms with Gasteiger partial charge in [0.1, 0.15) is 11.6 Å². The van der Waals surface area contributed by atoms with Gasteiger partial charge in [0.05, 0.1) is 17.6 Å². The lowest BCUT2D eigenvalue weighted by Gasteiger charge is -2.55. The highest BCUT2D eigenvalue weighted by molar-refractivity contribution is 5.83. The summed E-state index contributed by atoms with van der Waals surface area (Å²) < 4.78 is 8.37. The van der Waals surface area contributed by atoms with Crippen LogP contribution in [0.3, 0.4) is 0 Å². The molecule has 7 rings (SSSR count). The highest BCUT2D eigenvalue weighted by Crippen LogP contribution is 2.60. The maximum atomic E-state index is 13.4. The average Bonchev–Trinajstić information content (AvgIpc) is 3.17. The van der Waals surface area contributed by atoms with Crippen molar-refractivity contribution in [2.45, 2.75) is 71.8 Å². The van der Waals surface area contributed by atoms with Gasteiger partial charge >= 0.3 is 0 Å². The van der Waals surface area contributed by atoms with Gasteiger partial charge in [0.15, 0.2) is 0 Å². The predicted octanol–water partition coefficient (Wildman–Crippen LogP) is 6.00. The first-order valence-electron chi connectivity index (χ1n) is 13.9. The van der Waals surface area contributed by atoms with E-state index >= 15 is 0 Å². The number of aryl methyl sites for hydroxylation is 3. The SMILES string of the molecule is Cc1cc(C)cc(OCCCn2c(CCNC(=O)C34CC5CC(CC(C5)C3)C4)nc3ccccc32)c1. The molecule has 4 saturated carbocycles. The first-order valence-corrected chi connectivity index (χ1v) is 13.9. The number of para-hydroxylation sites is 2. The molecule has 190 valence electrons. The number of amides is 1. The molecule has 0 aliphatic heterocycles. The van der Waals surface area contributed by atoms with Crippen molar-refractivity contribution in [3.05, 3.63) is 59.4 Å². The van der Waals surface area contributed by atoms with E-state index in [1.54, 1.807) is 0 Å². The summed E-state index contributed by atoms with van der Waals surface area (Å²) >= 11 is 0. The van der Waals surface area contributed by atoms with E-state index < -0.39 is 0 Å². The smallest absolute Gasteiger partial charge is 0.226 e. The highest BCUT2D eigenvalue weighted by atomic mass is 16.5. The Morgan fingerprint density at radius 1 is 1.03 bits per heavy atom. The third kappa shape index (κ3) is 4.65. The molecule has 0 radical (unpaired) electrons. The number of nitrogens with zero attached hydrogens (tertiary/aromatic N) is 2. The predicted molar refractivity (Wildman–Crippen MR) is 143 cm³/mol. The van der Waals surface area contributed by atoms with Crippen molar-refractivity contribution in [2.75, 3.05) is 13.2 Å². The van der Waals surface area contributed by atoms with Crippen molar-refractivity contribution < 1.29 is 9.53 Å². The van der Waals surface area contributed by atoms with Crippen molar-refractivity contribution in [3.8, 4) is 5.75 Å². The maximum absolute atomic E-state index is 13.4. The van der Waals surface area contributed by atoms with Gasteiger partial charge in [0, 0.05) is 24.9 Å². The lowest BCUT2D eigenvalue weighted by atomic mass is 9.49. The maximum Gasteiger partial charge on any atom is 0.226 e. The molecule has 0 unspecified atom stereocenters. The summed E-state index contributed by atoms with van der Waals surface area (Å²) in [6, 6.07) is 14.7. The van der Waals surface area contributed by atoms with Crippen molar-refractivity contribution in [3.63, 3.8) is 0 Å². The molecule has 0 atom stereocenters. The fraction of sp³-hybridized carbons (Fsp3) is 0.548. The number of rotatable bonds is 9. The Morgan fingerprint density at radius 2 is 1.69 bits per heavy atom. The topological polar surface area (TPSA) is 56.1 Å². The third-order valence-corrected chi connectivity index (χ3v) is 8.88. The van der Waals surface area contributed by atoms with Crippen molar-refractivity contribution in [2.24, 2.45) is 23.2 Å². The lowest BCUT2D eigenvalue weighted by molar-refractivity contribution is -0.146. The lowest BCUT2D eigenvalue weighted by Crippen LogP contribution is -2.53. The van der Waals surface area contributed by atoms with Crippen LogP contribution in [0.5, 0.6) is 5.75 Å². The molecule has 0 saturated heterocycles. The first kappa shape index (κ1) is 23.6. The number of carbonyl (C=O) groups excluding carboxylic acids is 1. The van der Waals surface area contributed by atoms with Gasteiger partial charge in [-0.3, -0.25) is 4.79 Å². The Balaban J connectivity index is 1.08. The molecular formula is C31H39N3O2. The first-order chi connectivity index (χ1) is 17.5. The van der Waals surface area contributed by atoms with Crippen LogP contribution in [0.4, 0.5) is 0 Å². The molecule has 1 amide bonds. The number of imidazole rings is 1. The number of ether oxygens (including phenoxy) is 1. The Morgan fingerprint density at radius 3 is 2.39 bits per heavy atom. The fourth-order valence-corrected chi connectivity index (χ4v) is 7.86. The van der Waals surface area contributed by atoms with Crippen LogP contribution in [-0.2, 0) is 17.8 Å². The second-order valence-electron chi connectivity index (χ2n) is 11.9. The summed E-state index contributed by atoms with van der Waals surface area (Å²) in [5.74, 6) is 4.67. The number of aromatic nitrogens is 2. The molecule has 1 heterocycles. The molecule has 4 aliphatic rings. The Labute approximate surface area is 214 Å². The molecule has 4 bridgehead atoms. The Bertz CT molecular complexity index is 1200. The number of fused-ring (bicyclic) bond motifs is 1.